The van der Waals surface area contributed by atoms with Crippen LogP contribution in [0, 0.1) is 0 Å². The maximum absolute atomic E-state index is 10.8. The van der Waals surface area contributed by atoms with E-state index in [1.807, 2.05) is 0 Å². The second-order valence-corrected chi connectivity index (χ2v) is 3.15. The molecule has 0 atom stereocenters. The molecule has 0 heterocycles. The van der Waals surface area contributed by atoms with Crippen molar-refractivity contribution in [1.82, 2.24) is 0 Å². The van der Waals surface area contributed by atoms with Crippen LogP contribution in [0.25, 0.3) is 0 Å². The molecule has 5 heteroatoms. The van der Waals surface area contributed by atoms with Gasteiger partial charge in [0.15, 0.2) is 6.29 Å². The lowest BCUT2D eigenvalue weighted by Crippen LogP contribution is -2.11. The molecule has 1 rings (SSSR count). The first-order valence-electron chi connectivity index (χ1n) is 3.30. The van der Waals surface area contributed by atoms with Crippen molar-refractivity contribution in [1.29, 1.82) is 0 Å². The molecule has 0 unspecified atom stereocenters. The van der Waals surface area contributed by atoms with Gasteiger partial charge in [-0.1, -0.05) is 23.2 Å². The van der Waals surface area contributed by atoms with E-state index in [1.165, 1.54) is 12.1 Å². The monoisotopic (exact) mass is 217 g/mol. The number of hydrogen-bond acceptors (Lipinski definition) is 2. The second-order valence-electron chi connectivity index (χ2n) is 2.34. The van der Waals surface area contributed by atoms with Crippen LogP contribution in [0.4, 0.5) is 0 Å². The van der Waals surface area contributed by atoms with E-state index in [0.29, 0.717) is 6.29 Å². The number of hydrogen-bond donors (Lipinski definition) is 1. The van der Waals surface area contributed by atoms with Gasteiger partial charge in [-0.25, -0.2) is 0 Å². The van der Waals surface area contributed by atoms with E-state index >= 15 is 0 Å². The van der Waals surface area contributed by atoms with Gasteiger partial charge in [-0.3, -0.25) is 9.59 Å². The summed E-state index contributed by atoms with van der Waals surface area (Å²) in [4.78, 5) is 21.2. The smallest absolute Gasteiger partial charge is 0.250 e. The van der Waals surface area contributed by atoms with Gasteiger partial charge in [0.2, 0.25) is 5.91 Å². The van der Waals surface area contributed by atoms with Crippen molar-refractivity contribution in [2.24, 2.45) is 5.73 Å². The molecule has 3 nitrogen and oxygen atoms in total. The normalized spacial score (nSPS) is 9.69. The molecule has 1 aromatic carbocycles. The summed E-state index contributed by atoms with van der Waals surface area (Å²) in [5.74, 6) is -0.677. The molecule has 0 spiro atoms. The minimum absolute atomic E-state index is 0.109. The molecular weight excluding hydrogens is 213 g/mol. The maximum Gasteiger partial charge on any atom is 0.250 e. The summed E-state index contributed by atoms with van der Waals surface area (Å²) in [6.07, 6.45) is 0.555. The summed E-state index contributed by atoms with van der Waals surface area (Å²) in [6, 6.07) is 2.58. The van der Waals surface area contributed by atoms with Gasteiger partial charge < -0.3 is 5.73 Å². The SMILES string of the molecule is NC(=O)c1cc(Cl)c(C=O)cc1Cl. The molecular formula is C8H5Cl2NO2. The number of halogens is 2. The third-order valence-corrected chi connectivity index (χ3v) is 2.12. The van der Waals surface area contributed by atoms with Gasteiger partial charge in [-0.15, -0.1) is 0 Å². The maximum atomic E-state index is 10.8. The molecule has 13 heavy (non-hydrogen) atoms. The number of rotatable bonds is 2. The molecule has 1 aromatic rings. The van der Waals surface area contributed by atoms with Crippen LogP contribution in [-0.4, -0.2) is 12.2 Å². The fourth-order valence-corrected chi connectivity index (χ4v) is 1.31. The summed E-state index contributed by atoms with van der Waals surface area (Å²) >= 11 is 11.3. The van der Waals surface area contributed by atoms with Crippen molar-refractivity contribution in [3.8, 4) is 0 Å². The number of carbonyl (C=O) groups excluding carboxylic acids is 2. The first kappa shape index (κ1) is 10.0. The van der Waals surface area contributed by atoms with Crippen LogP contribution in [0.1, 0.15) is 20.7 Å². The molecule has 0 bridgehead atoms. The van der Waals surface area contributed by atoms with Crippen LogP contribution in [0.15, 0.2) is 12.1 Å². The van der Waals surface area contributed by atoms with Crippen LogP contribution in [0.5, 0.6) is 0 Å². The van der Waals surface area contributed by atoms with Crippen LogP contribution in [0.2, 0.25) is 10.0 Å². The minimum atomic E-state index is -0.677. The van der Waals surface area contributed by atoms with Gasteiger partial charge in [0.1, 0.15) is 0 Å². The van der Waals surface area contributed by atoms with Gasteiger partial charge in [-0.2, -0.15) is 0 Å². The fraction of sp³-hybridized carbons (Fsp3) is 0. The van der Waals surface area contributed by atoms with Crippen LogP contribution in [-0.2, 0) is 0 Å². The van der Waals surface area contributed by atoms with Crippen molar-refractivity contribution in [2.75, 3.05) is 0 Å². The molecule has 0 aromatic heterocycles. The van der Waals surface area contributed by atoms with E-state index in [1.54, 1.807) is 0 Å². The highest BCUT2D eigenvalue weighted by Crippen LogP contribution is 2.23. The Kier molecular flexibility index (Phi) is 2.90. The summed E-state index contributed by atoms with van der Waals surface area (Å²) < 4.78 is 0. The Hall–Kier alpha value is -1.06. The highest BCUT2D eigenvalue weighted by Gasteiger charge is 2.10. The number of aldehydes is 1. The Balaban J connectivity index is 3.36. The lowest BCUT2D eigenvalue weighted by atomic mass is 10.1. The number of amides is 1. The van der Waals surface area contributed by atoms with Crippen molar-refractivity contribution in [2.45, 2.75) is 0 Å². The summed E-state index contributed by atoms with van der Waals surface area (Å²) in [6.45, 7) is 0. The lowest BCUT2D eigenvalue weighted by Gasteiger charge is -2.02. The zero-order valence-corrected chi connectivity index (χ0v) is 7.89. The number of nitrogens with two attached hydrogens (primary N) is 1. The second kappa shape index (κ2) is 3.77. The van der Waals surface area contributed by atoms with Gasteiger partial charge >= 0.3 is 0 Å². The average Bonchev–Trinajstić information content (AvgIpc) is 2.07. The van der Waals surface area contributed by atoms with Crippen molar-refractivity contribution in [3.05, 3.63) is 33.3 Å². The molecule has 0 saturated carbocycles. The molecule has 0 radical (unpaired) electrons. The van der Waals surface area contributed by atoms with E-state index in [4.69, 9.17) is 28.9 Å². The summed E-state index contributed by atoms with van der Waals surface area (Å²) in [5.41, 5.74) is 5.35. The third-order valence-electron chi connectivity index (χ3n) is 1.48. The summed E-state index contributed by atoms with van der Waals surface area (Å²) in [5, 5.41) is 0.284. The third kappa shape index (κ3) is 1.99. The number of carbonyl (C=O) groups is 2. The van der Waals surface area contributed by atoms with E-state index in [2.05, 4.69) is 0 Å². The Morgan fingerprint density at radius 1 is 1.31 bits per heavy atom. The highest BCUT2D eigenvalue weighted by atomic mass is 35.5. The van der Waals surface area contributed by atoms with E-state index < -0.39 is 5.91 Å². The lowest BCUT2D eigenvalue weighted by molar-refractivity contribution is 0.0999. The van der Waals surface area contributed by atoms with Crippen LogP contribution >= 0.6 is 23.2 Å². The molecule has 0 aliphatic rings. The van der Waals surface area contributed by atoms with E-state index in [-0.39, 0.29) is 21.2 Å². The molecule has 0 aliphatic heterocycles. The van der Waals surface area contributed by atoms with Crippen LogP contribution < -0.4 is 5.73 Å². The molecule has 1 amide bonds. The quantitative estimate of drug-likeness (QED) is 0.770. The van der Waals surface area contributed by atoms with Gasteiger partial charge in [0.05, 0.1) is 15.6 Å². The van der Waals surface area contributed by atoms with Gasteiger partial charge in [-0.05, 0) is 12.1 Å². The van der Waals surface area contributed by atoms with Crippen molar-refractivity contribution < 1.29 is 9.59 Å². The largest absolute Gasteiger partial charge is 0.366 e. The molecule has 68 valence electrons. The molecule has 0 saturated heterocycles. The standard InChI is InChI=1S/C8H5Cl2NO2/c9-6-2-5(8(11)13)7(10)1-4(6)3-12/h1-3H,(H2,11,13). The zero-order chi connectivity index (χ0) is 10.0. The first-order chi connectivity index (χ1) is 6.06. The van der Waals surface area contributed by atoms with E-state index in [0.717, 1.165) is 0 Å². The predicted octanol–water partition coefficient (Wildman–Crippen LogP) is 1.90. The summed E-state index contributed by atoms with van der Waals surface area (Å²) in [7, 11) is 0. The van der Waals surface area contributed by atoms with Crippen molar-refractivity contribution >= 4 is 35.4 Å². The minimum Gasteiger partial charge on any atom is -0.366 e. The Morgan fingerprint density at radius 2 is 1.92 bits per heavy atom. The topological polar surface area (TPSA) is 60.2 Å². The number of benzene rings is 1. The predicted molar refractivity (Wildman–Crippen MR) is 50.4 cm³/mol. The van der Waals surface area contributed by atoms with Crippen molar-refractivity contribution in [3.63, 3.8) is 0 Å². The zero-order valence-electron chi connectivity index (χ0n) is 6.38. The highest BCUT2D eigenvalue weighted by molar-refractivity contribution is 6.37. The molecule has 2 N–H and O–H groups in total. The number of primary amides is 1. The average molecular weight is 218 g/mol. The van der Waals surface area contributed by atoms with Gasteiger partial charge in [0.25, 0.3) is 0 Å². The Labute approximate surface area is 84.4 Å². The molecule has 0 aliphatic carbocycles. The Morgan fingerprint density at radius 3 is 2.38 bits per heavy atom. The first-order valence-corrected chi connectivity index (χ1v) is 4.06. The molecule has 0 fully saturated rings. The Bertz CT molecular complexity index is 377. The van der Waals surface area contributed by atoms with Gasteiger partial charge in [0, 0.05) is 5.56 Å². The van der Waals surface area contributed by atoms with E-state index in [9.17, 15) is 9.59 Å². The van der Waals surface area contributed by atoms with Crippen LogP contribution in [0.3, 0.4) is 0 Å². The fourth-order valence-electron chi connectivity index (χ4n) is 0.841.